The molecule has 0 aliphatic heterocycles. The maximum absolute atomic E-state index is 14.2. The van der Waals surface area contributed by atoms with Gasteiger partial charge in [-0.05, 0) is 86.2 Å². The molecule has 7 nitrogen and oxygen atoms in total. The van der Waals surface area contributed by atoms with Crippen molar-refractivity contribution in [3.63, 3.8) is 0 Å². The number of nitrogens with zero attached hydrogens (tertiary/aromatic N) is 5. The fourth-order valence-corrected chi connectivity index (χ4v) is 7.55. The summed E-state index contributed by atoms with van der Waals surface area (Å²) in [5.74, 6) is 0.892. The van der Waals surface area contributed by atoms with Crippen LogP contribution in [0.15, 0.2) is 35.3 Å². The van der Waals surface area contributed by atoms with E-state index in [1.165, 1.54) is 12.5 Å². The van der Waals surface area contributed by atoms with Gasteiger partial charge in [0, 0.05) is 5.56 Å². The molecule has 2 unspecified atom stereocenters. The molecule has 4 aliphatic carbocycles. The summed E-state index contributed by atoms with van der Waals surface area (Å²) < 4.78 is 18.6. The van der Waals surface area contributed by atoms with Crippen LogP contribution in [0.2, 0.25) is 0 Å². The fraction of sp³-hybridized carbons (Fsp3) is 0.520. The lowest BCUT2D eigenvalue weighted by Gasteiger charge is -2.60. The van der Waals surface area contributed by atoms with Gasteiger partial charge in [-0.2, -0.15) is 5.10 Å². The normalized spacial score (nSPS) is 29.5. The summed E-state index contributed by atoms with van der Waals surface area (Å²) in [7, 11) is 0. The van der Waals surface area contributed by atoms with Crippen LogP contribution in [0, 0.1) is 36.9 Å². The summed E-state index contributed by atoms with van der Waals surface area (Å²) in [6.07, 6.45) is 7.77. The average Bonchev–Trinajstić information content (AvgIpc) is 3.34. The minimum absolute atomic E-state index is 0.0850. The third kappa shape index (κ3) is 3.42. The number of carbonyl (C=O) groups is 1. The Morgan fingerprint density at radius 2 is 1.91 bits per heavy atom. The number of aryl methyl sites for hydroxylation is 1. The molecule has 1 amide bonds. The molecule has 4 fully saturated rings. The van der Waals surface area contributed by atoms with Crippen molar-refractivity contribution in [3.8, 4) is 0 Å². The van der Waals surface area contributed by atoms with Crippen molar-refractivity contribution in [2.75, 3.05) is 5.32 Å². The number of anilines is 1. The highest BCUT2D eigenvalue weighted by Crippen LogP contribution is 2.64. The second-order valence-corrected chi connectivity index (χ2v) is 11.4. The monoisotopic (exact) mass is 526 g/mol. The minimum atomic E-state index is -0.408. The van der Waals surface area contributed by atoms with E-state index in [2.05, 4.69) is 36.4 Å². The first-order valence-electron chi connectivity index (χ1n) is 11.9. The zero-order valence-electron chi connectivity index (χ0n) is 19.4. The SMILES string of the molecule is Cc1nn(Cc2ccccc2F)c(C)c1NC(=O)C12CC3CC(C1)CC(n1cnc(Br)n1)(C3)C2. The lowest BCUT2D eigenvalue weighted by Crippen LogP contribution is -2.60. The van der Waals surface area contributed by atoms with Crippen molar-refractivity contribution in [1.82, 2.24) is 24.5 Å². The number of hydrogen-bond acceptors (Lipinski definition) is 4. The van der Waals surface area contributed by atoms with E-state index >= 15 is 0 Å². The summed E-state index contributed by atoms with van der Waals surface area (Å²) in [5, 5.41) is 12.5. The summed E-state index contributed by atoms with van der Waals surface area (Å²) in [6, 6.07) is 6.73. The lowest BCUT2D eigenvalue weighted by molar-refractivity contribution is -0.150. The van der Waals surface area contributed by atoms with Gasteiger partial charge in [0.15, 0.2) is 0 Å². The Labute approximate surface area is 206 Å². The number of amides is 1. The molecule has 0 radical (unpaired) electrons. The van der Waals surface area contributed by atoms with Crippen molar-refractivity contribution in [1.29, 1.82) is 0 Å². The van der Waals surface area contributed by atoms with Crippen LogP contribution < -0.4 is 5.32 Å². The maximum atomic E-state index is 14.2. The highest BCUT2D eigenvalue weighted by Gasteiger charge is 2.61. The lowest BCUT2D eigenvalue weighted by atomic mass is 9.46. The third-order valence-corrected chi connectivity index (χ3v) is 8.72. The molecule has 1 N–H and O–H groups in total. The van der Waals surface area contributed by atoms with Crippen molar-refractivity contribution >= 4 is 27.5 Å². The van der Waals surface area contributed by atoms with Crippen LogP contribution in [0.3, 0.4) is 0 Å². The second kappa shape index (κ2) is 7.73. The summed E-state index contributed by atoms with van der Waals surface area (Å²) in [6.45, 7) is 4.16. The topological polar surface area (TPSA) is 77.6 Å². The molecule has 9 heteroatoms. The van der Waals surface area contributed by atoms with Gasteiger partial charge in [0.2, 0.25) is 10.6 Å². The predicted octanol–water partition coefficient (Wildman–Crippen LogP) is 4.98. The van der Waals surface area contributed by atoms with Crippen LogP contribution in [-0.2, 0) is 16.9 Å². The molecule has 2 heterocycles. The standard InChI is InChI=1S/C25H28BrFN6O/c1-15-21(16(2)32(30-15)12-19-5-3-4-6-20(19)27)29-22(34)24-8-17-7-18(9-24)11-25(10-17,13-24)33-14-28-23(26)31-33/h3-6,14,17-18H,7-13H2,1-2H3,(H,29,34). The van der Waals surface area contributed by atoms with E-state index in [0.717, 1.165) is 49.2 Å². The molecule has 1 aromatic carbocycles. The van der Waals surface area contributed by atoms with Crippen LogP contribution in [0.5, 0.6) is 0 Å². The average molecular weight is 527 g/mol. The van der Waals surface area contributed by atoms with E-state index in [4.69, 9.17) is 0 Å². The van der Waals surface area contributed by atoms with Gasteiger partial charge in [0.05, 0.1) is 34.6 Å². The van der Waals surface area contributed by atoms with Crippen LogP contribution in [0.1, 0.15) is 55.5 Å². The van der Waals surface area contributed by atoms with Gasteiger partial charge in [-0.3, -0.25) is 9.48 Å². The zero-order chi connectivity index (χ0) is 23.7. The quantitative estimate of drug-likeness (QED) is 0.508. The Hall–Kier alpha value is -2.55. The fourth-order valence-electron chi connectivity index (χ4n) is 7.29. The highest BCUT2D eigenvalue weighted by molar-refractivity contribution is 9.10. The molecule has 7 rings (SSSR count). The molecule has 3 aromatic rings. The Bertz CT molecular complexity index is 1270. The molecule has 4 bridgehead atoms. The highest BCUT2D eigenvalue weighted by atomic mass is 79.9. The van der Waals surface area contributed by atoms with E-state index in [0.29, 0.717) is 28.7 Å². The van der Waals surface area contributed by atoms with E-state index < -0.39 is 5.41 Å². The third-order valence-electron chi connectivity index (χ3n) is 8.36. The van der Waals surface area contributed by atoms with E-state index in [1.807, 2.05) is 30.9 Å². The molecule has 178 valence electrons. The number of aromatic nitrogens is 5. The van der Waals surface area contributed by atoms with Gasteiger partial charge in [-0.15, -0.1) is 5.10 Å². The van der Waals surface area contributed by atoms with Gasteiger partial charge in [-0.25, -0.2) is 14.1 Å². The van der Waals surface area contributed by atoms with Crippen LogP contribution in [-0.4, -0.2) is 30.5 Å². The van der Waals surface area contributed by atoms with Crippen molar-refractivity contribution in [2.45, 2.75) is 64.5 Å². The van der Waals surface area contributed by atoms with E-state index in [9.17, 15) is 9.18 Å². The molecule has 4 saturated carbocycles. The van der Waals surface area contributed by atoms with Crippen LogP contribution in [0.4, 0.5) is 10.1 Å². The first kappa shape index (κ1) is 21.9. The summed E-state index contributed by atoms with van der Waals surface area (Å²) in [5.41, 5.74) is 2.37. The number of nitrogens with one attached hydrogen (secondary N) is 1. The van der Waals surface area contributed by atoms with Gasteiger partial charge in [-0.1, -0.05) is 18.2 Å². The number of benzene rings is 1. The van der Waals surface area contributed by atoms with Gasteiger partial charge < -0.3 is 5.32 Å². The zero-order valence-corrected chi connectivity index (χ0v) is 21.0. The molecule has 2 atom stereocenters. The maximum Gasteiger partial charge on any atom is 0.230 e. The first-order chi connectivity index (χ1) is 16.3. The largest absolute Gasteiger partial charge is 0.322 e. The Balaban J connectivity index is 1.28. The molecule has 2 aromatic heterocycles. The molecular weight excluding hydrogens is 499 g/mol. The Morgan fingerprint density at radius 3 is 2.59 bits per heavy atom. The summed E-state index contributed by atoms with van der Waals surface area (Å²) >= 11 is 3.39. The molecular formula is C25H28BrFN6O. The van der Waals surface area contributed by atoms with E-state index in [1.54, 1.807) is 16.8 Å². The smallest absolute Gasteiger partial charge is 0.230 e. The number of rotatable bonds is 5. The van der Waals surface area contributed by atoms with Crippen molar-refractivity contribution in [3.05, 3.63) is 58.1 Å². The summed E-state index contributed by atoms with van der Waals surface area (Å²) in [4.78, 5) is 18.2. The van der Waals surface area contributed by atoms with Crippen LogP contribution in [0.25, 0.3) is 0 Å². The number of halogens is 2. The predicted molar refractivity (Wildman–Crippen MR) is 129 cm³/mol. The Kier molecular flexibility index (Phi) is 4.99. The van der Waals surface area contributed by atoms with Gasteiger partial charge in [0.1, 0.15) is 12.1 Å². The molecule has 4 aliphatic rings. The van der Waals surface area contributed by atoms with E-state index in [-0.39, 0.29) is 17.3 Å². The minimum Gasteiger partial charge on any atom is -0.322 e. The van der Waals surface area contributed by atoms with Crippen molar-refractivity contribution in [2.24, 2.45) is 17.3 Å². The first-order valence-corrected chi connectivity index (χ1v) is 12.7. The molecule has 34 heavy (non-hydrogen) atoms. The number of carbonyl (C=O) groups excluding carboxylic acids is 1. The second-order valence-electron chi connectivity index (χ2n) is 10.7. The Morgan fingerprint density at radius 1 is 1.18 bits per heavy atom. The van der Waals surface area contributed by atoms with Crippen molar-refractivity contribution < 1.29 is 9.18 Å². The van der Waals surface area contributed by atoms with Gasteiger partial charge in [0.25, 0.3) is 0 Å². The molecule has 0 saturated heterocycles. The molecule has 0 spiro atoms. The number of hydrogen-bond donors (Lipinski definition) is 1. The van der Waals surface area contributed by atoms with Crippen LogP contribution >= 0.6 is 15.9 Å². The van der Waals surface area contributed by atoms with Gasteiger partial charge >= 0.3 is 0 Å².